The maximum Gasteiger partial charge on any atom is 0.308 e. The third-order valence-corrected chi connectivity index (χ3v) is 6.10. The van der Waals surface area contributed by atoms with Crippen LogP contribution in [0.5, 0.6) is 5.75 Å². The number of ether oxygens (including phenoxy) is 2. The molecule has 0 heterocycles. The molecule has 0 aliphatic heterocycles. The molecule has 0 spiro atoms. The number of esters is 1. The van der Waals surface area contributed by atoms with Crippen LogP contribution in [-0.4, -0.2) is 29.3 Å². The molecule has 1 unspecified atom stereocenters. The highest BCUT2D eigenvalue weighted by Crippen LogP contribution is 2.26. The molecule has 0 fully saturated rings. The Morgan fingerprint density at radius 1 is 1.00 bits per heavy atom. The molecule has 0 amide bonds. The number of nitrogens with one attached hydrogen (secondary N) is 1. The fourth-order valence-corrected chi connectivity index (χ4v) is 4.10. The first kappa shape index (κ1) is 27.1. The lowest BCUT2D eigenvalue weighted by Gasteiger charge is -2.15. The highest BCUT2D eigenvalue weighted by atomic mass is 35.5. The van der Waals surface area contributed by atoms with Gasteiger partial charge in [-0.05, 0) is 53.9 Å². The molecular weight excluding hydrogens is 489 g/mol. The number of hydrogen-bond donors (Lipinski definition) is 3. The van der Waals surface area contributed by atoms with Gasteiger partial charge in [-0.1, -0.05) is 59.6 Å². The zero-order valence-corrected chi connectivity index (χ0v) is 21.0. The van der Waals surface area contributed by atoms with Crippen LogP contribution in [0.4, 0.5) is 0 Å². The monoisotopic (exact) mass is 517 g/mol. The first-order valence-corrected chi connectivity index (χ1v) is 12.0. The van der Waals surface area contributed by atoms with E-state index >= 15 is 0 Å². The molecule has 3 rings (SSSR count). The molecule has 3 N–H and O–H groups in total. The van der Waals surface area contributed by atoms with Gasteiger partial charge in [-0.3, -0.25) is 4.79 Å². The van der Waals surface area contributed by atoms with Crippen LogP contribution in [0, 0.1) is 0 Å². The van der Waals surface area contributed by atoms with Gasteiger partial charge in [-0.2, -0.15) is 0 Å². The van der Waals surface area contributed by atoms with Gasteiger partial charge in [0.25, 0.3) is 0 Å². The SMILES string of the molecule is CC(=O)Oc1ccc(C(O)CNCCc2cccc(COCc3c(Cl)cccc3Cl)c2)cc1CO. The lowest BCUT2D eigenvalue weighted by molar-refractivity contribution is -0.131. The van der Waals surface area contributed by atoms with Crippen LogP contribution in [0.25, 0.3) is 0 Å². The minimum absolute atomic E-state index is 0.290. The third-order valence-electron chi connectivity index (χ3n) is 5.39. The topological polar surface area (TPSA) is 88.0 Å². The second-order valence-electron chi connectivity index (χ2n) is 8.10. The van der Waals surface area contributed by atoms with Crippen molar-refractivity contribution in [1.82, 2.24) is 5.32 Å². The maximum atomic E-state index is 11.2. The Bertz CT molecular complexity index is 1120. The highest BCUT2D eigenvalue weighted by molar-refractivity contribution is 6.35. The van der Waals surface area contributed by atoms with Crippen molar-refractivity contribution < 1.29 is 24.5 Å². The summed E-state index contributed by atoms with van der Waals surface area (Å²) in [6.45, 7) is 2.81. The van der Waals surface area contributed by atoms with Gasteiger partial charge in [0.2, 0.25) is 0 Å². The smallest absolute Gasteiger partial charge is 0.308 e. The van der Waals surface area contributed by atoms with E-state index in [1.165, 1.54) is 6.92 Å². The Morgan fingerprint density at radius 2 is 1.71 bits per heavy atom. The van der Waals surface area contributed by atoms with Crippen LogP contribution in [0.1, 0.15) is 40.8 Å². The fraction of sp³-hybridized carbons (Fsp3) is 0.296. The van der Waals surface area contributed by atoms with Gasteiger partial charge in [-0.15, -0.1) is 0 Å². The van der Waals surface area contributed by atoms with Crippen molar-refractivity contribution >= 4 is 29.2 Å². The Labute approximate surface area is 215 Å². The number of aliphatic hydroxyl groups is 2. The number of carbonyl (C=O) groups is 1. The molecule has 0 aliphatic carbocycles. The summed E-state index contributed by atoms with van der Waals surface area (Å²) in [4.78, 5) is 11.2. The summed E-state index contributed by atoms with van der Waals surface area (Å²) in [7, 11) is 0. The van der Waals surface area contributed by atoms with Gasteiger partial charge in [0.15, 0.2) is 0 Å². The summed E-state index contributed by atoms with van der Waals surface area (Å²) in [6, 6.07) is 18.4. The van der Waals surface area contributed by atoms with Gasteiger partial charge in [0, 0.05) is 34.6 Å². The van der Waals surface area contributed by atoms with E-state index in [1.54, 1.807) is 36.4 Å². The van der Waals surface area contributed by atoms with E-state index in [0.717, 1.165) is 23.1 Å². The van der Waals surface area contributed by atoms with E-state index in [4.69, 9.17) is 32.7 Å². The molecule has 3 aromatic carbocycles. The minimum atomic E-state index is -0.761. The molecule has 6 nitrogen and oxygen atoms in total. The Hall–Kier alpha value is -2.45. The number of halogens is 2. The third kappa shape index (κ3) is 8.32. The normalized spacial score (nSPS) is 11.9. The van der Waals surface area contributed by atoms with Gasteiger partial charge in [-0.25, -0.2) is 0 Å². The van der Waals surface area contributed by atoms with Crippen molar-refractivity contribution in [3.05, 3.63) is 98.5 Å². The maximum absolute atomic E-state index is 11.2. The largest absolute Gasteiger partial charge is 0.426 e. The molecule has 0 saturated heterocycles. The number of benzene rings is 3. The molecule has 8 heteroatoms. The van der Waals surface area contributed by atoms with E-state index in [9.17, 15) is 15.0 Å². The Balaban J connectivity index is 1.45. The van der Waals surface area contributed by atoms with E-state index in [2.05, 4.69) is 11.4 Å². The summed E-state index contributed by atoms with van der Waals surface area (Å²) in [5.74, 6) is -0.168. The first-order valence-electron chi connectivity index (χ1n) is 11.3. The summed E-state index contributed by atoms with van der Waals surface area (Å²) in [5, 5.41) is 24.5. The highest BCUT2D eigenvalue weighted by Gasteiger charge is 2.12. The van der Waals surface area contributed by atoms with Crippen molar-refractivity contribution in [3.8, 4) is 5.75 Å². The van der Waals surface area contributed by atoms with Gasteiger partial charge in [0.05, 0.1) is 25.9 Å². The standard InChI is InChI=1S/C27H29Cl2NO5/c1-18(32)35-27-9-8-21(13-22(27)15-31)26(33)14-30-11-10-19-4-2-5-20(12-19)16-34-17-23-24(28)6-3-7-25(23)29/h2-9,12-13,26,30-31,33H,10-11,14-17H2,1H3. The summed E-state index contributed by atoms with van der Waals surface area (Å²) in [6.07, 6.45) is 0.0209. The predicted octanol–water partition coefficient (Wildman–Crippen LogP) is 4.99. The van der Waals surface area contributed by atoms with Crippen molar-refractivity contribution in [2.24, 2.45) is 0 Å². The fourth-order valence-electron chi connectivity index (χ4n) is 3.59. The molecule has 0 saturated carbocycles. The number of hydrogen-bond acceptors (Lipinski definition) is 6. The quantitative estimate of drug-likeness (QED) is 0.178. The molecule has 35 heavy (non-hydrogen) atoms. The van der Waals surface area contributed by atoms with E-state index in [-0.39, 0.29) is 6.61 Å². The van der Waals surface area contributed by atoms with Gasteiger partial charge >= 0.3 is 5.97 Å². The van der Waals surface area contributed by atoms with Crippen molar-refractivity contribution in [2.45, 2.75) is 39.3 Å². The molecule has 0 aliphatic rings. The lowest BCUT2D eigenvalue weighted by atomic mass is 10.0. The lowest BCUT2D eigenvalue weighted by Crippen LogP contribution is -2.24. The number of carbonyl (C=O) groups excluding carboxylic acids is 1. The number of rotatable bonds is 12. The van der Waals surface area contributed by atoms with Crippen LogP contribution in [0.2, 0.25) is 10.0 Å². The zero-order chi connectivity index (χ0) is 25.2. The summed E-state index contributed by atoms with van der Waals surface area (Å²) in [5.41, 5.74) is 4.07. The zero-order valence-electron chi connectivity index (χ0n) is 19.5. The second kappa shape index (κ2) is 13.6. The second-order valence-corrected chi connectivity index (χ2v) is 8.92. The molecule has 186 valence electrons. The van der Waals surface area contributed by atoms with Crippen LogP contribution in [-0.2, 0) is 35.8 Å². The van der Waals surface area contributed by atoms with Crippen LogP contribution < -0.4 is 10.1 Å². The molecule has 1 atom stereocenters. The average molecular weight is 518 g/mol. The van der Waals surface area contributed by atoms with E-state index in [1.807, 2.05) is 18.2 Å². The van der Waals surface area contributed by atoms with E-state index in [0.29, 0.717) is 53.2 Å². The molecular formula is C27H29Cl2NO5. The van der Waals surface area contributed by atoms with Crippen LogP contribution in [0.15, 0.2) is 60.7 Å². The average Bonchev–Trinajstić information content (AvgIpc) is 2.83. The predicted molar refractivity (Wildman–Crippen MR) is 137 cm³/mol. The Morgan fingerprint density at radius 3 is 2.43 bits per heavy atom. The first-order chi connectivity index (χ1) is 16.9. The Kier molecular flexibility index (Phi) is 10.5. The summed E-state index contributed by atoms with van der Waals surface area (Å²) < 4.78 is 10.9. The van der Waals surface area contributed by atoms with E-state index < -0.39 is 12.1 Å². The molecule has 0 aromatic heterocycles. The van der Waals surface area contributed by atoms with Crippen molar-refractivity contribution in [2.75, 3.05) is 13.1 Å². The molecule has 0 bridgehead atoms. The number of aliphatic hydroxyl groups excluding tert-OH is 2. The van der Waals surface area contributed by atoms with Gasteiger partial charge < -0.3 is 25.0 Å². The molecule has 3 aromatic rings. The minimum Gasteiger partial charge on any atom is -0.426 e. The van der Waals surface area contributed by atoms with Gasteiger partial charge in [0.1, 0.15) is 5.75 Å². The molecule has 0 radical (unpaired) electrons. The van der Waals surface area contributed by atoms with Crippen molar-refractivity contribution in [1.29, 1.82) is 0 Å². The van der Waals surface area contributed by atoms with Crippen LogP contribution >= 0.6 is 23.2 Å². The van der Waals surface area contributed by atoms with Crippen LogP contribution in [0.3, 0.4) is 0 Å². The van der Waals surface area contributed by atoms with Crippen molar-refractivity contribution in [3.63, 3.8) is 0 Å². The summed E-state index contributed by atoms with van der Waals surface area (Å²) >= 11 is 12.4.